The highest BCUT2D eigenvalue weighted by Crippen LogP contribution is 2.13. The highest BCUT2D eigenvalue weighted by molar-refractivity contribution is 7.15. The zero-order valence-corrected chi connectivity index (χ0v) is 13.5. The number of pyridine rings is 1. The van der Waals surface area contributed by atoms with E-state index in [0.717, 1.165) is 22.0 Å². The normalized spacial score (nSPS) is 11.3. The van der Waals surface area contributed by atoms with Crippen molar-refractivity contribution in [3.8, 4) is 0 Å². The van der Waals surface area contributed by atoms with Crippen LogP contribution in [-0.4, -0.2) is 24.7 Å². The molecule has 4 aromatic heterocycles. The molecule has 4 rings (SSSR count). The Hall–Kier alpha value is -2.38. The SMILES string of the molecule is O=C(Cc1cn2ccsc2n1)NCc1cn2cc(Cl)ccc2n1. The van der Waals surface area contributed by atoms with Gasteiger partial charge in [-0.05, 0) is 12.1 Å². The summed E-state index contributed by atoms with van der Waals surface area (Å²) >= 11 is 7.49. The Labute approximate surface area is 140 Å². The first-order valence-electron chi connectivity index (χ1n) is 6.98. The molecule has 4 aromatic rings. The fourth-order valence-corrected chi connectivity index (χ4v) is 3.27. The van der Waals surface area contributed by atoms with Crippen molar-refractivity contribution >= 4 is 39.5 Å². The molecule has 0 spiro atoms. The molecule has 6 nitrogen and oxygen atoms in total. The first kappa shape index (κ1) is 14.2. The maximum Gasteiger partial charge on any atom is 0.226 e. The topological polar surface area (TPSA) is 63.7 Å². The largest absolute Gasteiger partial charge is 0.350 e. The average molecular weight is 346 g/mol. The second kappa shape index (κ2) is 5.68. The molecule has 0 unspecified atom stereocenters. The first-order chi connectivity index (χ1) is 11.2. The van der Waals surface area contributed by atoms with Crippen LogP contribution in [0.2, 0.25) is 5.02 Å². The fraction of sp³-hybridized carbons (Fsp3) is 0.133. The molecule has 0 aliphatic carbocycles. The van der Waals surface area contributed by atoms with Crippen LogP contribution in [0.4, 0.5) is 0 Å². The molecule has 0 saturated heterocycles. The van der Waals surface area contributed by atoms with Crippen molar-refractivity contribution in [3.63, 3.8) is 0 Å². The lowest BCUT2D eigenvalue weighted by Crippen LogP contribution is -2.24. The van der Waals surface area contributed by atoms with Gasteiger partial charge in [0.15, 0.2) is 4.96 Å². The third-order valence-corrected chi connectivity index (χ3v) is 4.41. The molecule has 4 heterocycles. The maximum atomic E-state index is 12.0. The minimum Gasteiger partial charge on any atom is -0.350 e. The molecule has 8 heteroatoms. The zero-order chi connectivity index (χ0) is 15.8. The van der Waals surface area contributed by atoms with E-state index in [-0.39, 0.29) is 12.3 Å². The van der Waals surface area contributed by atoms with Crippen molar-refractivity contribution in [2.24, 2.45) is 0 Å². The number of imidazole rings is 2. The van der Waals surface area contributed by atoms with Crippen LogP contribution in [0.15, 0.2) is 42.3 Å². The van der Waals surface area contributed by atoms with Gasteiger partial charge in [0.25, 0.3) is 0 Å². The number of amides is 1. The summed E-state index contributed by atoms with van der Waals surface area (Å²) < 4.78 is 3.76. The van der Waals surface area contributed by atoms with E-state index in [1.165, 1.54) is 0 Å². The van der Waals surface area contributed by atoms with Gasteiger partial charge in [-0.1, -0.05) is 11.6 Å². The lowest BCUT2D eigenvalue weighted by atomic mass is 10.3. The Balaban J connectivity index is 1.40. The maximum absolute atomic E-state index is 12.0. The molecule has 0 aliphatic heterocycles. The molecule has 0 radical (unpaired) electrons. The van der Waals surface area contributed by atoms with Gasteiger partial charge in [0.1, 0.15) is 5.65 Å². The number of nitrogens with zero attached hydrogens (tertiary/aromatic N) is 4. The van der Waals surface area contributed by atoms with Gasteiger partial charge in [0.05, 0.1) is 29.4 Å². The number of fused-ring (bicyclic) bond motifs is 2. The van der Waals surface area contributed by atoms with E-state index in [9.17, 15) is 4.79 Å². The molecule has 0 bridgehead atoms. The van der Waals surface area contributed by atoms with E-state index < -0.39 is 0 Å². The van der Waals surface area contributed by atoms with Crippen molar-refractivity contribution in [2.45, 2.75) is 13.0 Å². The number of rotatable bonds is 4. The van der Waals surface area contributed by atoms with E-state index in [0.29, 0.717) is 11.6 Å². The van der Waals surface area contributed by atoms with Crippen LogP contribution >= 0.6 is 22.9 Å². The first-order valence-corrected chi connectivity index (χ1v) is 8.24. The van der Waals surface area contributed by atoms with Crippen molar-refractivity contribution in [1.82, 2.24) is 24.1 Å². The van der Waals surface area contributed by atoms with Gasteiger partial charge in [0, 0.05) is 30.2 Å². The van der Waals surface area contributed by atoms with Crippen LogP contribution in [0.3, 0.4) is 0 Å². The van der Waals surface area contributed by atoms with E-state index in [2.05, 4.69) is 15.3 Å². The summed E-state index contributed by atoms with van der Waals surface area (Å²) in [5.41, 5.74) is 2.34. The zero-order valence-electron chi connectivity index (χ0n) is 11.9. The monoisotopic (exact) mass is 345 g/mol. The summed E-state index contributed by atoms with van der Waals surface area (Å²) in [6, 6.07) is 3.63. The average Bonchev–Trinajstić information content (AvgIpc) is 3.18. The Morgan fingerprint density at radius 2 is 2.04 bits per heavy atom. The number of aromatic nitrogens is 4. The molecule has 23 heavy (non-hydrogen) atoms. The minimum absolute atomic E-state index is 0.0779. The van der Waals surface area contributed by atoms with Crippen molar-refractivity contribution in [3.05, 3.63) is 58.7 Å². The van der Waals surface area contributed by atoms with E-state index in [1.54, 1.807) is 23.6 Å². The van der Waals surface area contributed by atoms with Gasteiger partial charge in [-0.25, -0.2) is 9.97 Å². The van der Waals surface area contributed by atoms with E-state index in [1.807, 2.05) is 38.8 Å². The van der Waals surface area contributed by atoms with E-state index in [4.69, 9.17) is 11.6 Å². The minimum atomic E-state index is -0.0779. The molecule has 0 fully saturated rings. The predicted octanol–water partition coefficient (Wildman–Crippen LogP) is 2.56. The summed E-state index contributed by atoms with van der Waals surface area (Å²) in [6.07, 6.45) is 7.70. The van der Waals surface area contributed by atoms with Crippen molar-refractivity contribution in [1.29, 1.82) is 0 Å². The van der Waals surface area contributed by atoms with Crippen LogP contribution in [0, 0.1) is 0 Å². The number of thiazole rings is 1. The predicted molar refractivity (Wildman–Crippen MR) is 88.8 cm³/mol. The lowest BCUT2D eigenvalue weighted by molar-refractivity contribution is -0.120. The molecular weight excluding hydrogens is 334 g/mol. The van der Waals surface area contributed by atoms with Crippen molar-refractivity contribution < 1.29 is 4.79 Å². The second-order valence-corrected chi connectivity index (χ2v) is 6.43. The number of hydrogen-bond donors (Lipinski definition) is 1. The smallest absolute Gasteiger partial charge is 0.226 e. The van der Waals surface area contributed by atoms with Crippen LogP contribution in [0.25, 0.3) is 10.6 Å². The molecule has 0 aliphatic rings. The molecule has 0 saturated carbocycles. The third kappa shape index (κ3) is 2.93. The molecule has 116 valence electrons. The molecule has 1 N–H and O–H groups in total. The van der Waals surface area contributed by atoms with Crippen LogP contribution < -0.4 is 5.32 Å². The lowest BCUT2D eigenvalue weighted by Gasteiger charge is -2.00. The third-order valence-electron chi connectivity index (χ3n) is 3.42. The summed E-state index contributed by atoms with van der Waals surface area (Å²) in [7, 11) is 0. The molecule has 0 atom stereocenters. The van der Waals surface area contributed by atoms with Gasteiger partial charge < -0.3 is 9.72 Å². The number of carbonyl (C=O) groups excluding carboxylic acids is 1. The van der Waals surface area contributed by atoms with Crippen molar-refractivity contribution in [2.75, 3.05) is 0 Å². The number of halogens is 1. The highest BCUT2D eigenvalue weighted by Gasteiger charge is 2.09. The quantitative estimate of drug-likeness (QED) is 0.618. The summed E-state index contributed by atoms with van der Waals surface area (Å²) in [4.78, 5) is 21.8. The molecular formula is C15H12ClN5OS. The van der Waals surface area contributed by atoms with Crippen LogP contribution in [0.5, 0.6) is 0 Å². The van der Waals surface area contributed by atoms with Gasteiger partial charge in [-0.3, -0.25) is 9.20 Å². The van der Waals surface area contributed by atoms with Gasteiger partial charge >= 0.3 is 0 Å². The molecule has 0 aromatic carbocycles. The Bertz CT molecular complexity index is 973. The summed E-state index contributed by atoms with van der Waals surface area (Å²) in [5, 5.41) is 5.47. The van der Waals surface area contributed by atoms with Gasteiger partial charge in [-0.2, -0.15) is 0 Å². The summed E-state index contributed by atoms with van der Waals surface area (Å²) in [5.74, 6) is -0.0779. The Morgan fingerprint density at radius 1 is 1.17 bits per heavy atom. The standard InChI is InChI=1S/C15H12ClN5OS/c16-10-1-2-13-18-12(9-21(13)7-10)6-17-14(22)5-11-8-20-3-4-23-15(20)19-11/h1-4,7-9H,5-6H2,(H,17,22). The van der Waals surface area contributed by atoms with Crippen LogP contribution in [-0.2, 0) is 17.8 Å². The van der Waals surface area contributed by atoms with E-state index >= 15 is 0 Å². The fourth-order valence-electron chi connectivity index (χ4n) is 2.38. The Morgan fingerprint density at radius 3 is 2.91 bits per heavy atom. The second-order valence-electron chi connectivity index (χ2n) is 5.12. The van der Waals surface area contributed by atoms with Gasteiger partial charge in [0.2, 0.25) is 5.91 Å². The number of nitrogens with one attached hydrogen (secondary N) is 1. The highest BCUT2D eigenvalue weighted by atomic mass is 35.5. The number of hydrogen-bond acceptors (Lipinski definition) is 4. The van der Waals surface area contributed by atoms with Gasteiger partial charge in [-0.15, -0.1) is 11.3 Å². The number of carbonyl (C=O) groups is 1. The Kier molecular flexibility index (Phi) is 3.51. The van der Waals surface area contributed by atoms with Crippen LogP contribution in [0.1, 0.15) is 11.4 Å². The summed E-state index contributed by atoms with van der Waals surface area (Å²) in [6.45, 7) is 0.375. The molecule has 1 amide bonds.